The molecule has 4 heteroatoms. The molecule has 1 amide bonds. The van der Waals surface area contributed by atoms with Crippen LogP contribution in [0, 0.1) is 5.41 Å². The average Bonchev–Trinajstić information content (AvgIpc) is 2.35. The molecule has 3 N–H and O–H groups in total. The van der Waals surface area contributed by atoms with Crippen LogP contribution in [0.25, 0.3) is 0 Å². The van der Waals surface area contributed by atoms with Crippen molar-refractivity contribution in [3.8, 4) is 0 Å². The number of piperidine rings is 1. The first-order valence-electron chi connectivity index (χ1n) is 6.35. The van der Waals surface area contributed by atoms with Crippen LogP contribution in [0.5, 0.6) is 0 Å². The maximum Gasteiger partial charge on any atom is 0.227 e. The maximum atomic E-state index is 12.1. The number of amides is 1. The van der Waals surface area contributed by atoms with Crippen LogP contribution in [0.3, 0.4) is 0 Å². The van der Waals surface area contributed by atoms with Gasteiger partial charge in [0.05, 0.1) is 5.41 Å². The van der Waals surface area contributed by atoms with Crippen LogP contribution in [-0.4, -0.2) is 37.3 Å². The molecule has 1 fully saturated rings. The fraction of sp³-hybridized carbons (Fsp3) is 0.917. The van der Waals surface area contributed by atoms with E-state index in [2.05, 4.69) is 17.6 Å². The topological polar surface area (TPSA) is 61.4 Å². The van der Waals surface area contributed by atoms with E-state index in [1.165, 1.54) is 0 Å². The summed E-state index contributed by atoms with van der Waals surface area (Å²) in [6, 6.07) is 0. The molecule has 0 bridgehead atoms. The molecule has 1 atom stereocenters. The van der Waals surface area contributed by atoms with Gasteiger partial charge in [-0.05, 0) is 38.6 Å². The van der Waals surface area contributed by atoms with Crippen molar-refractivity contribution in [2.45, 2.75) is 39.0 Å². The Bertz CT molecular complexity index is 213. The van der Waals surface area contributed by atoms with Crippen molar-refractivity contribution in [2.24, 2.45) is 5.41 Å². The summed E-state index contributed by atoms with van der Waals surface area (Å²) in [5, 5.41) is 15.0. The van der Waals surface area contributed by atoms with Crippen molar-refractivity contribution in [3.63, 3.8) is 0 Å². The first kappa shape index (κ1) is 13.5. The Morgan fingerprint density at radius 3 is 2.88 bits per heavy atom. The van der Waals surface area contributed by atoms with Crippen LogP contribution in [0.15, 0.2) is 0 Å². The number of rotatable bonds is 6. The van der Waals surface area contributed by atoms with Gasteiger partial charge in [-0.2, -0.15) is 0 Å². The van der Waals surface area contributed by atoms with Crippen LogP contribution in [0.1, 0.15) is 39.0 Å². The van der Waals surface area contributed by atoms with Crippen molar-refractivity contribution in [3.05, 3.63) is 0 Å². The SMILES string of the molecule is CCC1(C(=O)NCCCCO)CCCNC1. The number of nitrogens with one attached hydrogen (secondary N) is 2. The van der Waals surface area contributed by atoms with E-state index in [1.807, 2.05) is 0 Å². The number of unbranched alkanes of at least 4 members (excludes halogenated alkanes) is 1. The highest BCUT2D eigenvalue weighted by molar-refractivity contribution is 5.82. The second-order valence-electron chi connectivity index (χ2n) is 4.60. The Kier molecular flexibility index (Phi) is 5.77. The molecule has 0 spiro atoms. The minimum absolute atomic E-state index is 0.181. The minimum atomic E-state index is -0.197. The molecule has 1 rings (SSSR count). The predicted molar refractivity (Wildman–Crippen MR) is 64.2 cm³/mol. The number of aliphatic hydroxyl groups is 1. The largest absolute Gasteiger partial charge is 0.396 e. The van der Waals surface area contributed by atoms with Gasteiger partial charge in [0.25, 0.3) is 0 Å². The second kappa shape index (κ2) is 6.86. The third kappa shape index (κ3) is 3.46. The molecular weight excluding hydrogens is 204 g/mol. The Labute approximate surface area is 97.8 Å². The fourth-order valence-electron chi connectivity index (χ4n) is 2.25. The normalized spacial score (nSPS) is 25.4. The summed E-state index contributed by atoms with van der Waals surface area (Å²) in [6.07, 6.45) is 4.58. The lowest BCUT2D eigenvalue weighted by Gasteiger charge is -2.35. The van der Waals surface area contributed by atoms with Gasteiger partial charge in [-0.3, -0.25) is 4.79 Å². The average molecular weight is 228 g/mol. The van der Waals surface area contributed by atoms with Gasteiger partial charge in [0.2, 0.25) is 5.91 Å². The monoisotopic (exact) mass is 228 g/mol. The molecule has 0 aromatic heterocycles. The van der Waals surface area contributed by atoms with Crippen molar-refractivity contribution in [1.82, 2.24) is 10.6 Å². The highest BCUT2D eigenvalue weighted by Gasteiger charge is 2.37. The highest BCUT2D eigenvalue weighted by Crippen LogP contribution is 2.30. The van der Waals surface area contributed by atoms with Crippen LogP contribution in [0.2, 0.25) is 0 Å². The smallest absolute Gasteiger partial charge is 0.227 e. The Balaban J connectivity index is 2.36. The molecule has 0 saturated carbocycles. The number of hydrogen-bond donors (Lipinski definition) is 3. The second-order valence-corrected chi connectivity index (χ2v) is 4.60. The molecule has 0 aromatic carbocycles. The van der Waals surface area contributed by atoms with Gasteiger partial charge in [0, 0.05) is 19.7 Å². The lowest BCUT2D eigenvalue weighted by atomic mass is 9.77. The number of carbonyl (C=O) groups excluding carboxylic acids is 1. The molecule has 0 aliphatic carbocycles. The Morgan fingerprint density at radius 1 is 1.50 bits per heavy atom. The molecule has 1 heterocycles. The van der Waals surface area contributed by atoms with Gasteiger partial charge < -0.3 is 15.7 Å². The van der Waals surface area contributed by atoms with Crippen molar-refractivity contribution >= 4 is 5.91 Å². The van der Waals surface area contributed by atoms with Crippen molar-refractivity contribution < 1.29 is 9.90 Å². The van der Waals surface area contributed by atoms with Gasteiger partial charge in [0.1, 0.15) is 0 Å². The molecule has 1 aliphatic rings. The van der Waals surface area contributed by atoms with E-state index in [1.54, 1.807) is 0 Å². The zero-order valence-electron chi connectivity index (χ0n) is 10.2. The molecule has 1 unspecified atom stereocenters. The molecule has 1 saturated heterocycles. The highest BCUT2D eigenvalue weighted by atomic mass is 16.2. The van der Waals surface area contributed by atoms with Crippen molar-refractivity contribution in [2.75, 3.05) is 26.2 Å². The van der Waals surface area contributed by atoms with E-state index >= 15 is 0 Å². The summed E-state index contributed by atoms with van der Waals surface area (Å²) >= 11 is 0. The van der Waals surface area contributed by atoms with Gasteiger partial charge in [-0.25, -0.2) is 0 Å². The van der Waals surface area contributed by atoms with Gasteiger partial charge >= 0.3 is 0 Å². The van der Waals surface area contributed by atoms with E-state index in [0.717, 1.165) is 45.2 Å². The molecule has 0 aromatic rings. The molecular formula is C12H24N2O2. The maximum absolute atomic E-state index is 12.1. The van der Waals surface area contributed by atoms with Gasteiger partial charge in [0.15, 0.2) is 0 Å². The third-order valence-electron chi connectivity index (χ3n) is 3.50. The van der Waals surface area contributed by atoms with Gasteiger partial charge in [-0.15, -0.1) is 0 Å². The van der Waals surface area contributed by atoms with E-state index in [4.69, 9.17) is 5.11 Å². The summed E-state index contributed by atoms with van der Waals surface area (Å²) in [4.78, 5) is 12.1. The summed E-state index contributed by atoms with van der Waals surface area (Å²) in [5.74, 6) is 0.181. The number of aliphatic hydroxyl groups excluding tert-OH is 1. The summed E-state index contributed by atoms with van der Waals surface area (Å²) in [7, 11) is 0. The first-order chi connectivity index (χ1) is 7.75. The predicted octanol–water partition coefficient (Wildman–Crippen LogP) is 0.655. The summed E-state index contributed by atoms with van der Waals surface area (Å²) in [5.41, 5.74) is -0.197. The molecule has 94 valence electrons. The number of hydrogen-bond acceptors (Lipinski definition) is 3. The lowest BCUT2D eigenvalue weighted by Crippen LogP contribution is -2.50. The van der Waals surface area contributed by atoms with Crippen LogP contribution in [-0.2, 0) is 4.79 Å². The molecule has 0 radical (unpaired) electrons. The lowest BCUT2D eigenvalue weighted by molar-refractivity contribution is -0.132. The summed E-state index contributed by atoms with van der Waals surface area (Å²) in [6.45, 7) is 4.80. The zero-order chi connectivity index (χ0) is 11.9. The Hall–Kier alpha value is -0.610. The minimum Gasteiger partial charge on any atom is -0.396 e. The summed E-state index contributed by atoms with van der Waals surface area (Å²) < 4.78 is 0. The van der Waals surface area contributed by atoms with Crippen LogP contribution < -0.4 is 10.6 Å². The standard InChI is InChI=1S/C12H24N2O2/c1-2-12(6-5-7-13-10-12)11(16)14-8-3-4-9-15/h13,15H,2-10H2,1H3,(H,14,16). The molecule has 1 aliphatic heterocycles. The van der Waals surface area contributed by atoms with Crippen LogP contribution in [0.4, 0.5) is 0 Å². The van der Waals surface area contributed by atoms with Gasteiger partial charge in [-0.1, -0.05) is 6.92 Å². The first-order valence-corrected chi connectivity index (χ1v) is 6.35. The van der Waals surface area contributed by atoms with E-state index in [-0.39, 0.29) is 17.9 Å². The molecule has 4 nitrogen and oxygen atoms in total. The van der Waals surface area contributed by atoms with E-state index in [0.29, 0.717) is 6.54 Å². The van der Waals surface area contributed by atoms with Crippen molar-refractivity contribution in [1.29, 1.82) is 0 Å². The number of carbonyl (C=O) groups is 1. The third-order valence-corrected chi connectivity index (χ3v) is 3.50. The fourth-order valence-corrected chi connectivity index (χ4v) is 2.25. The Morgan fingerprint density at radius 2 is 2.31 bits per heavy atom. The van der Waals surface area contributed by atoms with E-state index in [9.17, 15) is 4.79 Å². The zero-order valence-corrected chi connectivity index (χ0v) is 10.2. The van der Waals surface area contributed by atoms with E-state index < -0.39 is 0 Å². The van der Waals surface area contributed by atoms with Crippen LogP contribution >= 0.6 is 0 Å². The molecule has 16 heavy (non-hydrogen) atoms. The quantitative estimate of drug-likeness (QED) is 0.585.